The van der Waals surface area contributed by atoms with Gasteiger partial charge in [0, 0.05) is 13.0 Å². The van der Waals surface area contributed by atoms with Crippen molar-refractivity contribution >= 4 is 5.91 Å². The van der Waals surface area contributed by atoms with Gasteiger partial charge in [-0.15, -0.1) is 0 Å². The molecule has 3 N–H and O–H groups in total. The van der Waals surface area contributed by atoms with Gasteiger partial charge in [0.1, 0.15) is 5.82 Å². The summed E-state index contributed by atoms with van der Waals surface area (Å²) in [5, 5.41) is 1.88. The van der Waals surface area contributed by atoms with Crippen LogP contribution in [0.5, 0.6) is 0 Å². The quantitative estimate of drug-likeness (QED) is 0.819. The van der Waals surface area contributed by atoms with E-state index in [-0.39, 0.29) is 17.8 Å². The first-order chi connectivity index (χ1) is 8.20. The standard InChI is InChI=1S/C12H16FN3O/c13-10-4-2-9(3-5-10)11-8-12(17)15-16(11)7-1-6-14/h2-5,11H,1,6-8,14H2,(H,15,17). The molecule has 4 nitrogen and oxygen atoms in total. The average Bonchev–Trinajstić information content (AvgIpc) is 2.69. The fourth-order valence-corrected chi connectivity index (χ4v) is 2.03. The van der Waals surface area contributed by atoms with E-state index in [1.54, 1.807) is 12.1 Å². The smallest absolute Gasteiger partial charge is 0.236 e. The van der Waals surface area contributed by atoms with Crippen LogP contribution in [-0.4, -0.2) is 24.0 Å². The lowest BCUT2D eigenvalue weighted by molar-refractivity contribution is -0.121. The van der Waals surface area contributed by atoms with Gasteiger partial charge in [0.25, 0.3) is 0 Å². The molecule has 1 atom stereocenters. The molecule has 1 aliphatic heterocycles. The molecular formula is C12H16FN3O. The van der Waals surface area contributed by atoms with Gasteiger partial charge in [0.15, 0.2) is 0 Å². The van der Waals surface area contributed by atoms with Crippen molar-refractivity contribution < 1.29 is 9.18 Å². The summed E-state index contributed by atoms with van der Waals surface area (Å²) in [5.74, 6) is -0.268. The van der Waals surface area contributed by atoms with Gasteiger partial charge >= 0.3 is 0 Å². The van der Waals surface area contributed by atoms with Gasteiger partial charge in [-0.1, -0.05) is 12.1 Å². The van der Waals surface area contributed by atoms with Crippen LogP contribution in [0.1, 0.15) is 24.4 Å². The highest BCUT2D eigenvalue weighted by Crippen LogP contribution is 2.27. The summed E-state index contributed by atoms with van der Waals surface area (Å²) < 4.78 is 12.8. The monoisotopic (exact) mass is 237 g/mol. The van der Waals surface area contributed by atoms with Crippen LogP contribution in [-0.2, 0) is 4.79 Å². The summed E-state index contributed by atoms with van der Waals surface area (Å²) in [6, 6.07) is 6.25. The Labute approximate surface area is 99.6 Å². The number of nitrogens with one attached hydrogen (secondary N) is 1. The Morgan fingerprint density at radius 2 is 2.12 bits per heavy atom. The first-order valence-corrected chi connectivity index (χ1v) is 5.72. The second-order valence-electron chi connectivity index (χ2n) is 4.14. The molecule has 1 aliphatic rings. The molecule has 0 spiro atoms. The average molecular weight is 237 g/mol. The van der Waals surface area contributed by atoms with Gasteiger partial charge in [-0.3, -0.25) is 10.2 Å². The molecule has 2 rings (SSSR count). The lowest BCUT2D eigenvalue weighted by Gasteiger charge is -2.23. The van der Waals surface area contributed by atoms with E-state index < -0.39 is 0 Å². The molecule has 1 aromatic carbocycles. The van der Waals surface area contributed by atoms with Gasteiger partial charge < -0.3 is 5.73 Å². The number of benzene rings is 1. The van der Waals surface area contributed by atoms with Crippen molar-refractivity contribution in [3.63, 3.8) is 0 Å². The van der Waals surface area contributed by atoms with Crippen LogP contribution >= 0.6 is 0 Å². The third-order valence-corrected chi connectivity index (χ3v) is 2.88. The predicted octanol–water partition coefficient (Wildman–Crippen LogP) is 0.952. The fraction of sp³-hybridized carbons (Fsp3) is 0.417. The van der Waals surface area contributed by atoms with Crippen molar-refractivity contribution in [2.24, 2.45) is 5.73 Å². The molecule has 0 aliphatic carbocycles. The summed E-state index contributed by atoms with van der Waals surface area (Å²) >= 11 is 0. The number of hydrogen-bond acceptors (Lipinski definition) is 3. The molecule has 1 unspecified atom stereocenters. The summed E-state index contributed by atoms with van der Waals surface area (Å²) in [6.07, 6.45) is 1.23. The van der Waals surface area contributed by atoms with Gasteiger partial charge in [-0.05, 0) is 30.7 Å². The Morgan fingerprint density at radius 3 is 2.76 bits per heavy atom. The molecule has 0 aromatic heterocycles. The Hall–Kier alpha value is -1.46. The van der Waals surface area contributed by atoms with Crippen LogP contribution < -0.4 is 11.2 Å². The number of nitrogens with zero attached hydrogens (tertiary/aromatic N) is 1. The number of carbonyl (C=O) groups excluding carboxylic acids is 1. The number of halogens is 1. The Balaban J connectivity index is 2.11. The minimum absolute atomic E-state index is 0.00338. The van der Waals surface area contributed by atoms with E-state index in [0.29, 0.717) is 19.5 Å². The highest BCUT2D eigenvalue weighted by atomic mass is 19.1. The molecule has 1 saturated heterocycles. The van der Waals surface area contributed by atoms with Crippen molar-refractivity contribution in [2.75, 3.05) is 13.1 Å². The zero-order valence-electron chi connectivity index (χ0n) is 9.53. The number of amides is 1. The molecule has 0 bridgehead atoms. The van der Waals surface area contributed by atoms with E-state index in [4.69, 9.17) is 5.73 Å². The molecule has 1 heterocycles. The normalized spacial score (nSPS) is 20.6. The van der Waals surface area contributed by atoms with Crippen LogP contribution in [0.25, 0.3) is 0 Å². The van der Waals surface area contributed by atoms with Crippen LogP contribution in [0.2, 0.25) is 0 Å². The van der Waals surface area contributed by atoms with Gasteiger partial charge in [-0.2, -0.15) is 0 Å². The Morgan fingerprint density at radius 1 is 1.41 bits per heavy atom. The van der Waals surface area contributed by atoms with Crippen molar-refractivity contribution in [1.29, 1.82) is 0 Å². The molecule has 17 heavy (non-hydrogen) atoms. The Bertz CT molecular complexity index is 393. The first-order valence-electron chi connectivity index (χ1n) is 5.72. The number of rotatable bonds is 4. The number of hydrogen-bond donors (Lipinski definition) is 2. The molecule has 0 saturated carbocycles. The third-order valence-electron chi connectivity index (χ3n) is 2.88. The van der Waals surface area contributed by atoms with Crippen LogP contribution in [0.4, 0.5) is 4.39 Å². The minimum Gasteiger partial charge on any atom is -0.330 e. The third kappa shape index (κ3) is 2.81. The maximum Gasteiger partial charge on any atom is 0.236 e. The van der Waals surface area contributed by atoms with Crippen molar-refractivity contribution in [1.82, 2.24) is 10.4 Å². The highest BCUT2D eigenvalue weighted by molar-refractivity contribution is 5.78. The van der Waals surface area contributed by atoms with Crippen LogP contribution in [0.15, 0.2) is 24.3 Å². The van der Waals surface area contributed by atoms with Gasteiger partial charge in [0.2, 0.25) is 5.91 Å². The zero-order chi connectivity index (χ0) is 12.3. The van der Waals surface area contributed by atoms with Crippen molar-refractivity contribution in [2.45, 2.75) is 18.9 Å². The summed E-state index contributed by atoms with van der Waals surface area (Å²) in [5.41, 5.74) is 9.20. The van der Waals surface area contributed by atoms with Crippen LogP contribution in [0, 0.1) is 5.82 Å². The first kappa shape index (κ1) is 12.0. The molecule has 1 fully saturated rings. The summed E-state index contributed by atoms with van der Waals surface area (Å²) in [7, 11) is 0. The Kier molecular flexibility index (Phi) is 3.71. The summed E-state index contributed by atoms with van der Waals surface area (Å²) in [6.45, 7) is 1.30. The van der Waals surface area contributed by atoms with E-state index >= 15 is 0 Å². The molecular weight excluding hydrogens is 221 g/mol. The molecule has 1 amide bonds. The van der Waals surface area contributed by atoms with E-state index in [2.05, 4.69) is 5.43 Å². The largest absolute Gasteiger partial charge is 0.330 e. The lowest BCUT2D eigenvalue weighted by atomic mass is 10.0. The van der Waals surface area contributed by atoms with E-state index in [9.17, 15) is 9.18 Å². The fourth-order valence-electron chi connectivity index (χ4n) is 2.03. The lowest BCUT2D eigenvalue weighted by Crippen LogP contribution is -2.36. The zero-order valence-corrected chi connectivity index (χ0v) is 9.53. The number of nitrogens with two attached hydrogens (primary N) is 1. The highest BCUT2D eigenvalue weighted by Gasteiger charge is 2.30. The van der Waals surface area contributed by atoms with Gasteiger partial charge in [-0.25, -0.2) is 9.40 Å². The number of hydrazine groups is 1. The molecule has 0 radical (unpaired) electrons. The maximum atomic E-state index is 12.8. The van der Waals surface area contributed by atoms with E-state index in [0.717, 1.165) is 12.0 Å². The minimum atomic E-state index is -0.264. The van der Waals surface area contributed by atoms with Crippen molar-refractivity contribution in [3.05, 3.63) is 35.6 Å². The van der Waals surface area contributed by atoms with Gasteiger partial charge in [0.05, 0.1) is 6.04 Å². The maximum absolute atomic E-state index is 12.8. The van der Waals surface area contributed by atoms with Crippen LogP contribution in [0.3, 0.4) is 0 Å². The SMILES string of the molecule is NCCCN1NC(=O)CC1c1ccc(F)cc1. The van der Waals surface area contributed by atoms with E-state index in [1.807, 2.05) is 5.01 Å². The molecule has 1 aromatic rings. The van der Waals surface area contributed by atoms with E-state index in [1.165, 1.54) is 12.1 Å². The number of carbonyl (C=O) groups is 1. The molecule has 5 heteroatoms. The summed E-state index contributed by atoms with van der Waals surface area (Å²) in [4.78, 5) is 11.4. The van der Waals surface area contributed by atoms with Crippen molar-refractivity contribution in [3.8, 4) is 0 Å². The predicted molar refractivity (Wildman–Crippen MR) is 62.3 cm³/mol. The molecule has 92 valence electrons. The second-order valence-corrected chi connectivity index (χ2v) is 4.14. The topological polar surface area (TPSA) is 58.4 Å². The second kappa shape index (κ2) is 5.25.